The summed E-state index contributed by atoms with van der Waals surface area (Å²) in [5.41, 5.74) is 13.8. The first-order valence-corrected chi connectivity index (χ1v) is 20.4. The van der Waals surface area contributed by atoms with Crippen LogP contribution in [0, 0.1) is 0 Å². The van der Waals surface area contributed by atoms with Gasteiger partial charge in [0.1, 0.15) is 11.2 Å². The van der Waals surface area contributed by atoms with Gasteiger partial charge in [-0.25, -0.2) is 15.0 Å². The van der Waals surface area contributed by atoms with Crippen molar-refractivity contribution in [2.45, 2.75) is 5.41 Å². The fraction of sp³-hybridized carbons (Fsp3) is 0.0179. The molecule has 4 heteroatoms. The molecule has 0 saturated carbocycles. The van der Waals surface area contributed by atoms with E-state index in [1.807, 2.05) is 60.7 Å². The molecule has 0 radical (unpaired) electrons. The second kappa shape index (κ2) is 13.6. The molecule has 0 N–H and O–H groups in total. The predicted molar refractivity (Wildman–Crippen MR) is 244 cm³/mol. The molecule has 11 aromatic rings. The molecule has 4 nitrogen and oxygen atoms in total. The number of nitrogens with zero attached hydrogens (tertiary/aromatic N) is 3. The van der Waals surface area contributed by atoms with Crippen molar-refractivity contribution in [1.29, 1.82) is 0 Å². The molecule has 0 bridgehead atoms. The Morgan fingerprint density at radius 2 is 0.817 bits per heavy atom. The molecule has 280 valence electrons. The third-order valence-corrected chi connectivity index (χ3v) is 12.2. The Morgan fingerprint density at radius 1 is 0.317 bits per heavy atom. The van der Waals surface area contributed by atoms with E-state index in [-0.39, 0.29) is 0 Å². The third-order valence-electron chi connectivity index (χ3n) is 12.2. The van der Waals surface area contributed by atoms with Crippen LogP contribution in [0.1, 0.15) is 22.3 Å². The van der Waals surface area contributed by atoms with E-state index < -0.39 is 5.41 Å². The van der Waals surface area contributed by atoms with Crippen LogP contribution in [0.3, 0.4) is 0 Å². The van der Waals surface area contributed by atoms with E-state index >= 15 is 0 Å². The van der Waals surface area contributed by atoms with Gasteiger partial charge in [-0.1, -0.05) is 200 Å². The second-order valence-electron chi connectivity index (χ2n) is 15.4. The van der Waals surface area contributed by atoms with E-state index in [0.29, 0.717) is 17.5 Å². The molecule has 0 amide bonds. The van der Waals surface area contributed by atoms with Crippen molar-refractivity contribution in [3.63, 3.8) is 0 Å². The van der Waals surface area contributed by atoms with Crippen molar-refractivity contribution in [1.82, 2.24) is 15.0 Å². The molecular formula is C56H35N3O. The summed E-state index contributed by atoms with van der Waals surface area (Å²) in [5, 5.41) is 4.35. The van der Waals surface area contributed by atoms with E-state index in [9.17, 15) is 0 Å². The van der Waals surface area contributed by atoms with E-state index in [1.165, 1.54) is 33.4 Å². The van der Waals surface area contributed by atoms with Gasteiger partial charge in [-0.15, -0.1) is 0 Å². The molecule has 0 saturated heterocycles. The zero-order chi connectivity index (χ0) is 39.6. The Bertz CT molecular complexity index is 3330. The van der Waals surface area contributed by atoms with E-state index in [2.05, 4.69) is 152 Å². The molecule has 60 heavy (non-hydrogen) atoms. The summed E-state index contributed by atoms with van der Waals surface area (Å²) >= 11 is 0. The summed E-state index contributed by atoms with van der Waals surface area (Å²) in [5.74, 6) is 1.91. The molecule has 1 aliphatic carbocycles. The third kappa shape index (κ3) is 5.14. The number of hydrogen-bond acceptors (Lipinski definition) is 4. The van der Waals surface area contributed by atoms with Crippen LogP contribution in [0.25, 0.3) is 89.1 Å². The SMILES string of the molecule is c1ccc(-c2nc(-c3ccccc3)nc(-c3cccc4c(-c5cccc6oc7cc(C8(c9ccccc9)c9ccccc9-c9ccccc98)ccc7c56)cccc34)n2)cc1. The van der Waals surface area contributed by atoms with Gasteiger partial charge in [0.15, 0.2) is 17.5 Å². The highest BCUT2D eigenvalue weighted by Gasteiger charge is 2.46. The van der Waals surface area contributed by atoms with Crippen LogP contribution in [-0.2, 0) is 5.41 Å². The summed E-state index contributed by atoms with van der Waals surface area (Å²) in [6.45, 7) is 0. The molecule has 0 atom stereocenters. The number of benzene rings is 9. The van der Waals surface area contributed by atoms with Crippen LogP contribution >= 0.6 is 0 Å². The standard InChI is InChI=1S/C56H35N3O/c1-4-17-36(18-5-1)53-57-54(37-19-6-2-7-20-37)59-55(58-53)46-29-15-25-40-41(26-14-27-42(40)46)45-28-16-32-50-52(45)47-34-33-39(35-51(47)60-50)56(38-21-8-3-9-22-38)48-30-12-10-23-43(48)44-24-11-13-31-49(44)56/h1-35H. The summed E-state index contributed by atoms with van der Waals surface area (Å²) < 4.78 is 6.86. The highest BCUT2D eigenvalue weighted by molar-refractivity contribution is 6.16. The number of aromatic nitrogens is 3. The minimum absolute atomic E-state index is 0.508. The molecule has 2 heterocycles. The maximum atomic E-state index is 6.86. The van der Waals surface area contributed by atoms with Gasteiger partial charge in [0.05, 0.1) is 5.41 Å². The second-order valence-corrected chi connectivity index (χ2v) is 15.4. The lowest BCUT2D eigenvalue weighted by Gasteiger charge is -2.33. The Hall–Kier alpha value is -7.95. The van der Waals surface area contributed by atoms with E-state index in [4.69, 9.17) is 19.4 Å². The Balaban J connectivity index is 1.04. The van der Waals surface area contributed by atoms with Crippen LogP contribution in [0.4, 0.5) is 0 Å². The molecule has 9 aromatic carbocycles. The van der Waals surface area contributed by atoms with Gasteiger partial charge in [0.25, 0.3) is 0 Å². The molecule has 0 aliphatic heterocycles. The Morgan fingerprint density at radius 3 is 1.47 bits per heavy atom. The average molecular weight is 766 g/mol. The van der Waals surface area contributed by atoms with E-state index in [0.717, 1.165) is 60.5 Å². The first-order valence-electron chi connectivity index (χ1n) is 20.4. The Kier molecular flexibility index (Phi) is 7.72. The molecule has 1 aliphatic rings. The topological polar surface area (TPSA) is 51.8 Å². The van der Waals surface area contributed by atoms with Gasteiger partial charge in [-0.3, -0.25) is 0 Å². The maximum absolute atomic E-state index is 6.86. The van der Waals surface area contributed by atoms with Crippen molar-refractivity contribution in [3.05, 3.63) is 235 Å². The molecule has 2 aromatic heterocycles. The Labute approximate surface area is 347 Å². The van der Waals surface area contributed by atoms with Gasteiger partial charge >= 0.3 is 0 Å². The lowest BCUT2D eigenvalue weighted by atomic mass is 9.67. The van der Waals surface area contributed by atoms with E-state index in [1.54, 1.807) is 0 Å². The quantitative estimate of drug-likeness (QED) is 0.169. The van der Waals surface area contributed by atoms with Crippen LogP contribution < -0.4 is 0 Å². The predicted octanol–water partition coefficient (Wildman–Crippen LogP) is 14.0. The molecule has 0 spiro atoms. The summed E-state index contributed by atoms with van der Waals surface area (Å²) in [6.07, 6.45) is 0. The highest BCUT2D eigenvalue weighted by atomic mass is 16.3. The first-order chi connectivity index (χ1) is 29.8. The molecule has 0 fully saturated rings. The zero-order valence-corrected chi connectivity index (χ0v) is 32.5. The molecule has 12 rings (SSSR count). The molecular weight excluding hydrogens is 731 g/mol. The lowest BCUT2D eigenvalue weighted by Crippen LogP contribution is -2.28. The maximum Gasteiger partial charge on any atom is 0.164 e. The van der Waals surface area contributed by atoms with Crippen molar-refractivity contribution >= 4 is 32.7 Å². The number of fused-ring (bicyclic) bond motifs is 7. The van der Waals surface area contributed by atoms with Crippen molar-refractivity contribution in [2.75, 3.05) is 0 Å². The van der Waals surface area contributed by atoms with Crippen molar-refractivity contribution < 1.29 is 4.42 Å². The normalized spacial score (nSPS) is 12.8. The minimum Gasteiger partial charge on any atom is -0.456 e. The number of hydrogen-bond donors (Lipinski definition) is 0. The van der Waals surface area contributed by atoms with Crippen molar-refractivity contribution in [2.24, 2.45) is 0 Å². The fourth-order valence-corrected chi connectivity index (χ4v) is 9.66. The number of furan rings is 1. The molecule has 0 unspecified atom stereocenters. The van der Waals surface area contributed by atoms with Crippen molar-refractivity contribution in [3.8, 4) is 56.4 Å². The summed E-state index contributed by atoms with van der Waals surface area (Å²) in [4.78, 5) is 15.1. The fourth-order valence-electron chi connectivity index (χ4n) is 9.66. The van der Waals surface area contributed by atoms with Crippen LogP contribution in [0.15, 0.2) is 217 Å². The monoisotopic (exact) mass is 765 g/mol. The van der Waals surface area contributed by atoms with Crippen LogP contribution in [-0.4, -0.2) is 15.0 Å². The lowest BCUT2D eigenvalue weighted by molar-refractivity contribution is 0.665. The van der Waals surface area contributed by atoms with Crippen LogP contribution in [0.5, 0.6) is 0 Å². The average Bonchev–Trinajstić information content (AvgIpc) is 3.86. The summed E-state index contributed by atoms with van der Waals surface area (Å²) in [7, 11) is 0. The van der Waals surface area contributed by atoms with Gasteiger partial charge in [-0.05, 0) is 67.4 Å². The largest absolute Gasteiger partial charge is 0.456 e. The van der Waals surface area contributed by atoms with Gasteiger partial charge < -0.3 is 4.42 Å². The summed E-state index contributed by atoms with van der Waals surface area (Å²) in [6, 6.07) is 75.1. The van der Waals surface area contributed by atoms with Gasteiger partial charge in [0, 0.05) is 27.5 Å². The van der Waals surface area contributed by atoms with Gasteiger partial charge in [0.2, 0.25) is 0 Å². The number of rotatable bonds is 6. The minimum atomic E-state index is -0.508. The first kappa shape index (κ1) is 34.1. The zero-order valence-electron chi connectivity index (χ0n) is 32.5. The highest BCUT2D eigenvalue weighted by Crippen LogP contribution is 2.56. The van der Waals surface area contributed by atoms with Crippen LogP contribution in [0.2, 0.25) is 0 Å². The van der Waals surface area contributed by atoms with Gasteiger partial charge in [-0.2, -0.15) is 0 Å². The smallest absolute Gasteiger partial charge is 0.164 e.